The first-order valence-corrected chi connectivity index (χ1v) is 10.7. The van der Waals surface area contributed by atoms with E-state index in [0.717, 1.165) is 4.90 Å². The van der Waals surface area contributed by atoms with Crippen molar-refractivity contribution >= 4 is 47.1 Å². The van der Waals surface area contributed by atoms with E-state index in [1.165, 1.54) is 37.4 Å². The molecule has 4 atom stereocenters. The number of carbonyl (C=O) groups is 4. The third-order valence-corrected chi connectivity index (χ3v) is 6.30. The summed E-state index contributed by atoms with van der Waals surface area (Å²) in [6.07, 6.45) is 5.04. The lowest BCUT2D eigenvalue weighted by Crippen LogP contribution is -2.46. The Morgan fingerprint density at radius 2 is 1.64 bits per heavy atom. The Morgan fingerprint density at radius 1 is 0.970 bits per heavy atom. The average molecular weight is 464 g/mol. The van der Waals surface area contributed by atoms with Gasteiger partial charge in [-0.15, -0.1) is 0 Å². The van der Waals surface area contributed by atoms with Gasteiger partial charge >= 0.3 is 5.97 Å². The molecule has 3 heterocycles. The van der Waals surface area contributed by atoms with Crippen LogP contribution >= 0.6 is 11.6 Å². The van der Waals surface area contributed by atoms with Crippen molar-refractivity contribution in [3.63, 3.8) is 0 Å². The van der Waals surface area contributed by atoms with E-state index in [2.05, 4.69) is 5.10 Å². The molecule has 2 aromatic rings. The van der Waals surface area contributed by atoms with Crippen molar-refractivity contribution in [2.75, 3.05) is 4.90 Å². The minimum Gasteiger partial charge on any atom is -0.427 e. The molecular weight excluding hydrogens is 446 g/mol. The highest BCUT2D eigenvalue weighted by Gasteiger charge is 2.64. The molecule has 2 aromatic carbocycles. The Morgan fingerprint density at radius 3 is 2.30 bits per heavy atom. The summed E-state index contributed by atoms with van der Waals surface area (Å²) < 4.78 is 5.02. The number of fused-ring (bicyclic) bond motifs is 3. The molecule has 0 aromatic heterocycles. The number of esters is 1. The van der Waals surface area contributed by atoms with Crippen molar-refractivity contribution in [2.45, 2.75) is 19.0 Å². The molecule has 0 N–H and O–H groups in total. The summed E-state index contributed by atoms with van der Waals surface area (Å²) in [7, 11) is 0. The number of halogens is 1. The summed E-state index contributed by atoms with van der Waals surface area (Å²) in [6.45, 7) is 1.29. The first-order valence-electron chi connectivity index (χ1n) is 10.3. The molecule has 2 saturated heterocycles. The molecule has 0 radical (unpaired) electrons. The molecule has 0 bridgehead atoms. The Bertz CT molecular complexity index is 1220. The third kappa shape index (κ3) is 3.43. The Balaban J connectivity index is 1.51. The van der Waals surface area contributed by atoms with Crippen molar-refractivity contribution in [1.29, 1.82) is 0 Å². The third-order valence-electron chi connectivity index (χ3n) is 6.04. The highest BCUT2D eigenvalue weighted by atomic mass is 35.5. The summed E-state index contributed by atoms with van der Waals surface area (Å²) in [4.78, 5) is 52.8. The standard InChI is InChI=1S/C24H18ClN3O5/c1-13(29)33-17-10-4-14(5-11-17)22(30)21-20-19(18-3-2-12-26-28(18)21)23(31)27(24(20)32)16-8-6-15(25)7-9-16/h2-12,18-21H,1H3. The van der Waals surface area contributed by atoms with Gasteiger partial charge in [0.2, 0.25) is 11.8 Å². The van der Waals surface area contributed by atoms with Crippen LogP contribution in [0.25, 0.3) is 0 Å². The van der Waals surface area contributed by atoms with Gasteiger partial charge in [-0.1, -0.05) is 17.7 Å². The largest absolute Gasteiger partial charge is 0.427 e. The zero-order chi connectivity index (χ0) is 23.3. The van der Waals surface area contributed by atoms with Gasteiger partial charge < -0.3 is 4.74 Å². The molecule has 3 aliphatic rings. The maximum atomic E-state index is 13.6. The molecule has 0 aliphatic carbocycles. The molecule has 166 valence electrons. The predicted octanol–water partition coefficient (Wildman–Crippen LogP) is 2.86. The second kappa shape index (κ2) is 7.97. The molecule has 0 spiro atoms. The number of ketones is 1. The number of allylic oxidation sites excluding steroid dienone is 1. The Kier molecular flexibility index (Phi) is 5.09. The van der Waals surface area contributed by atoms with Crippen LogP contribution in [0.2, 0.25) is 5.02 Å². The van der Waals surface area contributed by atoms with Crippen LogP contribution in [0.3, 0.4) is 0 Å². The number of ether oxygens (including phenoxy) is 1. The average Bonchev–Trinajstić information content (AvgIpc) is 3.27. The van der Waals surface area contributed by atoms with E-state index in [0.29, 0.717) is 22.0 Å². The second-order valence-electron chi connectivity index (χ2n) is 7.99. The van der Waals surface area contributed by atoms with Crippen LogP contribution in [-0.2, 0) is 14.4 Å². The highest BCUT2D eigenvalue weighted by Crippen LogP contribution is 2.46. The summed E-state index contributed by atoms with van der Waals surface area (Å²) in [5, 5.41) is 6.36. The van der Waals surface area contributed by atoms with E-state index >= 15 is 0 Å². The number of hydrogen-bond donors (Lipinski definition) is 0. The first kappa shape index (κ1) is 21.1. The first-order chi connectivity index (χ1) is 15.9. The summed E-state index contributed by atoms with van der Waals surface area (Å²) in [5.74, 6) is -2.95. The van der Waals surface area contributed by atoms with Gasteiger partial charge in [-0.3, -0.25) is 24.2 Å². The number of amides is 2. The molecule has 5 rings (SSSR count). The molecule has 2 amide bonds. The molecule has 0 saturated carbocycles. The molecule has 4 unspecified atom stereocenters. The Labute approximate surface area is 194 Å². The lowest BCUT2D eigenvalue weighted by atomic mass is 9.86. The number of Topliss-reactive ketones (excluding diaryl/α,β-unsaturated/α-hetero) is 1. The molecular formula is C24H18ClN3O5. The van der Waals surface area contributed by atoms with Gasteiger partial charge in [-0.2, -0.15) is 5.10 Å². The highest BCUT2D eigenvalue weighted by molar-refractivity contribution is 6.31. The van der Waals surface area contributed by atoms with Crippen molar-refractivity contribution in [3.8, 4) is 5.75 Å². The van der Waals surface area contributed by atoms with Gasteiger partial charge in [0.25, 0.3) is 0 Å². The van der Waals surface area contributed by atoms with Crippen molar-refractivity contribution in [2.24, 2.45) is 16.9 Å². The quantitative estimate of drug-likeness (QED) is 0.299. The number of benzene rings is 2. The van der Waals surface area contributed by atoms with Gasteiger partial charge in [0.15, 0.2) is 5.78 Å². The normalized spacial score (nSPS) is 25.3. The number of nitrogens with zero attached hydrogens (tertiary/aromatic N) is 3. The predicted molar refractivity (Wildman–Crippen MR) is 120 cm³/mol. The lowest BCUT2D eigenvalue weighted by molar-refractivity contribution is -0.132. The van der Waals surface area contributed by atoms with Crippen molar-refractivity contribution < 1.29 is 23.9 Å². The second-order valence-corrected chi connectivity index (χ2v) is 8.42. The lowest BCUT2D eigenvalue weighted by Gasteiger charge is -2.30. The summed E-state index contributed by atoms with van der Waals surface area (Å²) >= 11 is 5.96. The molecule has 33 heavy (non-hydrogen) atoms. The number of carbonyl (C=O) groups excluding carboxylic acids is 4. The number of hydrogen-bond acceptors (Lipinski definition) is 7. The molecule has 2 fully saturated rings. The van der Waals surface area contributed by atoms with E-state index in [1.807, 2.05) is 0 Å². The summed E-state index contributed by atoms with van der Waals surface area (Å²) in [5.41, 5.74) is 0.737. The maximum Gasteiger partial charge on any atom is 0.308 e. The van der Waals surface area contributed by atoms with E-state index in [4.69, 9.17) is 16.3 Å². The van der Waals surface area contributed by atoms with Crippen LogP contribution in [0, 0.1) is 11.8 Å². The minimum absolute atomic E-state index is 0.307. The van der Waals surface area contributed by atoms with Crippen molar-refractivity contribution in [1.82, 2.24) is 5.01 Å². The topological polar surface area (TPSA) is 96.3 Å². The SMILES string of the molecule is CC(=O)Oc1ccc(C(=O)C2C3C(=O)N(c4ccc(Cl)cc4)C(=O)C3C3C=CC=NN32)cc1. The molecule has 8 nitrogen and oxygen atoms in total. The zero-order valence-corrected chi connectivity index (χ0v) is 18.2. The van der Waals surface area contributed by atoms with Crippen molar-refractivity contribution in [3.05, 3.63) is 71.3 Å². The van der Waals surface area contributed by atoms with Gasteiger partial charge in [0.05, 0.1) is 23.6 Å². The van der Waals surface area contributed by atoms with Gasteiger partial charge in [-0.25, -0.2) is 4.90 Å². The van der Waals surface area contributed by atoms with Gasteiger partial charge in [0.1, 0.15) is 11.8 Å². The van der Waals surface area contributed by atoms with E-state index in [-0.39, 0.29) is 11.7 Å². The van der Waals surface area contributed by atoms with E-state index in [1.54, 1.807) is 41.4 Å². The fraction of sp³-hybridized carbons (Fsp3) is 0.208. The van der Waals surface area contributed by atoms with Crippen LogP contribution in [-0.4, -0.2) is 46.9 Å². The van der Waals surface area contributed by atoms with E-state index < -0.39 is 35.8 Å². The maximum absolute atomic E-state index is 13.6. The number of hydrazone groups is 1. The number of rotatable bonds is 4. The van der Waals surface area contributed by atoms with Crippen LogP contribution in [0.4, 0.5) is 5.69 Å². The molecule has 9 heteroatoms. The number of anilines is 1. The van der Waals surface area contributed by atoms with Crippen LogP contribution in [0.5, 0.6) is 5.75 Å². The van der Waals surface area contributed by atoms with Crippen LogP contribution in [0.15, 0.2) is 65.8 Å². The monoisotopic (exact) mass is 463 g/mol. The Hall–Kier alpha value is -3.78. The fourth-order valence-corrected chi connectivity index (χ4v) is 4.83. The van der Waals surface area contributed by atoms with Crippen LogP contribution in [0.1, 0.15) is 17.3 Å². The fourth-order valence-electron chi connectivity index (χ4n) is 4.71. The van der Waals surface area contributed by atoms with Crippen LogP contribution < -0.4 is 9.64 Å². The summed E-state index contributed by atoms with van der Waals surface area (Å²) in [6, 6.07) is 11.1. The van der Waals surface area contributed by atoms with Gasteiger partial charge in [-0.05, 0) is 54.6 Å². The smallest absolute Gasteiger partial charge is 0.308 e. The minimum atomic E-state index is -0.950. The number of imide groups is 1. The zero-order valence-electron chi connectivity index (χ0n) is 17.4. The van der Waals surface area contributed by atoms with E-state index in [9.17, 15) is 19.2 Å². The molecule has 3 aliphatic heterocycles. The van der Waals surface area contributed by atoms with Gasteiger partial charge in [0, 0.05) is 23.7 Å².